The van der Waals surface area contributed by atoms with Crippen molar-refractivity contribution in [2.45, 2.75) is 20.8 Å². The Labute approximate surface area is 146 Å². The molecule has 0 saturated heterocycles. The summed E-state index contributed by atoms with van der Waals surface area (Å²) < 4.78 is 5.68. The number of amides is 1. The Bertz CT molecular complexity index is 788. The van der Waals surface area contributed by atoms with Crippen LogP contribution in [0.15, 0.2) is 18.2 Å². The van der Waals surface area contributed by atoms with Gasteiger partial charge in [0.25, 0.3) is 5.91 Å². The normalized spacial score (nSPS) is 10.5. The van der Waals surface area contributed by atoms with Crippen LogP contribution < -0.4 is 4.74 Å². The average molecular weight is 343 g/mol. The Balaban J connectivity index is 2.35. The second-order valence-electron chi connectivity index (χ2n) is 6.16. The maximum absolute atomic E-state index is 12.2. The van der Waals surface area contributed by atoms with Crippen LogP contribution in [0.3, 0.4) is 0 Å². The molecule has 1 amide bonds. The molecule has 0 aliphatic rings. The van der Waals surface area contributed by atoms with E-state index < -0.39 is 0 Å². The first-order chi connectivity index (χ1) is 11.3. The summed E-state index contributed by atoms with van der Waals surface area (Å²) in [5.41, 5.74) is 1.99. The van der Waals surface area contributed by atoms with Crippen molar-refractivity contribution in [2.75, 3.05) is 20.7 Å². The lowest BCUT2D eigenvalue weighted by atomic mass is 10.1. The van der Waals surface area contributed by atoms with Crippen LogP contribution in [-0.2, 0) is 0 Å². The molecule has 126 valence electrons. The average Bonchev–Trinajstić information content (AvgIpc) is 2.93. The molecule has 1 heterocycles. The highest BCUT2D eigenvalue weighted by Gasteiger charge is 2.18. The van der Waals surface area contributed by atoms with Crippen LogP contribution in [0.2, 0.25) is 0 Å². The van der Waals surface area contributed by atoms with Gasteiger partial charge in [0.2, 0.25) is 0 Å². The van der Waals surface area contributed by atoms with E-state index in [0.29, 0.717) is 34.4 Å². The van der Waals surface area contributed by atoms with Crippen molar-refractivity contribution in [1.29, 1.82) is 5.26 Å². The van der Waals surface area contributed by atoms with Crippen LogP contribution >= 0.6 is 11.3 Å². The molecule has 0 spiro atoms. The van der Waals surface area contributed by atoms with E-state index in [1.807, 2.05) is 13.0 Å². The van der Waals surface area contributed by atoms with E-state index in [1.165, 1.54) is 16.2 Å². The van der Waals surface area contributed by atoms with Crippen LogP contribution in [0.1, 0.15) is 34.8 Å². The van der Waals surface area contributed by atoms with Crippen molar-refractivity contribution in [2.24, 2.45) is 5.92 Å². The predicted molar refractivity (Wildman–Crippen MR) is 95.4 cm³/mol. The van der Waals surface area contributed by atoms with Crippen molar-refractivity contribution in [3.05, 3.63) is 34.3 Å². The molecule has 0 aliphatic heterocycles. The largest absolute Gasteiger partial charge is 0.492 e. The van der Waals surface area contributed by atoms with Gasteiger partial charge >= 0.3 is 0 Å². The highest BCUT2D eigenvalue weighted by molar-refractivity contribution is 7.17. The lowest BCUT2D eigenvalue weighted by molar-refractivity contribution is 0.0831. The summed E-state index contributed by atoms with van der Waals surface area (Å²) in [5.74, 6) is 0.902. The Morgan fingerprint density at radius 3 is 2.71 bits per heavy atom. The van der Waals surface area contributed by atoms with Gasteiger partial charge in [0.1, 0.15) is 21.7 Å². The Morgan fingerprint density at radius 2 is 2.12 bits per heavy atom. The number of aryl methyl sites for hydroxylation is 1. The summed E-state index contributed by atoms with van der Waals surface area (Å²) in [6, 6.07) is 7.60. The van der Waals surface area contributed by atoms with Crippen LogP contribution in [0.25, 0.3) is 10.6 Å². The minimum absolute atomic E-state index is 0.0614. The van der Waals surface area contributed by atoms with Crippen molar-refractivity contribution in [1.82, 2.24) is 9.88 Å². The predicted octanol–water partition coefficient (Wildman–Crippen LogP) is 3.73. The van der Waals surface area contributed by atoms with Crippen LogP contribution in [0.5, 0.6) is 5.75 Å². The maximum atomic E-state index is 12.2. The zero-order valence-electron chi connectivity index (χ0n) is 14.6. The molecule has 0 fully saturated rings. The molecular formula is C18H21N3O2S. The molecular weight excluding hydrogens is 322 g/mol. The number of ether oxygens (including phenoxy) is 1. The van der Waals surface area contributed by atoms with Crippen LogP contribution in [0, 0.1) is 24.2 Å². The molecule has 1 aromatic heterocycles. The number of nitrogens with zero attached hydrogens (tertiary/aromatic N) is 3. The molecule has 0 saturated carbocycles. The lowest BCUT2D eigenvalue weighted by Crippen LogP contribution is -2.21. The fraction of sp³-hybridized carbons (Fsp3) is 0.389. The minimum atomic E-state index is -0.0614. The van der Waals surface area contributed by atoms with Gasteiger partial charge < -0.3 is 9.64 Å². The highest BCUT2D eigenvalue weighted by atomic mass is 32.1. The molecule has 0 radical (unpaired) electrons. The summed E-state index contributed by atoms with van der Waals surface area (Å²) in [5, 5.41) is 10.1. The van der Waals surface area contributed by atoms with Crippen molar-refractivity contribution < 1.29 is 9.53 Å². The Morgan fingerprint density at radius 1 is 1.42 bits per heavy atom. The zero-order chi connectivity index (χ0) is 17.9. The van der Waals surface area contributed by atoms with Gasteiger partial charge in [-0.15, -0.1) is 11.3 Å². The quantitative estimate of drug-likeness (QED) is 0.830. The molecule has 0 aliphatic carbocycles. The summed E-state index contributed by atoms with van der Waals surface area (Å²) in [4.78, 5) is 18.8. The third-order valence-corrected chi connectivity index (χ3v) is 4.51. The Kier molecular flexibility index (Phi) is 5.58. The second-order valence-corrected chi connectivity index (χ2v) is 7.16. The van der Waals surface area contributed by atoms with E-state index in [0.717, 1.165) is 10.6 Å². The van der Waals surface area contributed by atoms with Crippen molar-refractivity contribution in [3.63, 3.8) is 0 Å². The van der Waals surface area contributed by atoms with Gasteiger partial charge in [-0.1, -0.05) is 13.8 Å². The van der Waals surface area contributed by atoms with Crippen LogP contribution in [-0.4, -0.2) is 36.5 Å². The molecule has 0 unspecified atom stereocenters. The summed E-state index contributed by atoms with van der Waals surface area (Å²) in [6.45, 7) is 6.50. The van der Waals surface area contributed by atoms with Gasteiger partial charge in [-0.2, -0.15) is 5.26 Å². The summed E-state index contributed by atoms with van der Waals surface area (Å²) >= 11 is 1.34. The molecule has 0 bridgehead atoms. The molecule has 0 atom stereocenters. The minimum Gasteiger partial charge on any atom is -0.492 e. The first kappa shape index (κ1) is 18.0. The number of thiazole rings is 1. The lowest BCUT2D eigenvalue weighted by Gasteiger charge is -2.10. The molecule has 2 rings (SSSR count). The SMILES string of the molecule is Cc1nc(-c2ccc(OCC(C)C)c(C#N)c2)sc1C(=O)N(C)C. The van der Waals surface area contributed by atoms with Crippen LogP contribution in [0.4, 0.5) is 0 Å². The molecule has 24 heavy (non-hydrogen) atoms. The topological polar surface area (TPSA) is 66.2 Å². The Hall–Kier alpha value is -2.39. The molecule has 6 heteroatoms. The van der Waals surface area contributed by atoms with E-state index in [1.54, 1.807) is 26.2 Å². The van der Waals surface area contributed by atoms with E-state index in [9.17, 15) is 10.1 Å². The number of hydrogen-bond acceptors (Lipinski definition) is 5. The number of nitriles is 1. The van der Waals surface area contributed by atoms with E-state index in [2.05, 4.69) is 24.9 Å². The highest BCUT2D eigenvalue weighted by Crippen LogP contribution is 2.31. The summed E-state index contributed by atoms with van der Waals surface area (Å²) in [7, 11) is 3.44. The monoisotopic (exact) mass is 343 g/mol. The second kappa shape index (κ2) is 7.45. The van der Waals surface area contributed by atoms with Gasteiger partial charge in [0.15, 0.2) is 0 Å². The fourth-order valence-corrected chi connectivity index (χ4v) is 3.14. The number of aromatic nitrogens is 1. The van der Waals surface area contributed by atoms with Gasteiger partial charge in [-0.3, -0.25) is 4.79 Å². The van der Waals surface area contributed by atoms with Gasteiger partial charge in [0.05, 0.1) is 17.9 Å². The van der Waals surface area contributed by atoms with Crippen molar-refractivity contribution >= 4 is 17.2 Å². The van der Waals surface area contributed by atoms with E-state index >= 15 is 0 Å². The van der Waals surface area contributed by atoms with Gasteiger partial charge in [0, 0.05) is 19.7 Å². The maximum Gasteiger partial charge on any atom is 0.265 e. The fourth-order valence-electron chi connectivity index (χ4n) is 2.05. The first-order valence-electron chi connectivity index (χ1n) is 7.70. The van der Waals surface area contributed by atoms with Crippen molar-refractivity contribution in [3.8, 4) is 22.4 Å². The van der Waals surface area contributed by atoms with Gasteiger partial charge in [-0.05, 0) is 31.0 Å². The molecule has 2 aromatic rings. The van der Waals surface area contributed by atoms with E-state index in [-0.39, 0.29) is 5.91 Å². The third-order valence-electron chi connectivity index (χ3n) is 3.32. The first-order valence-corrected chi connectivity index (χ1v) is 8.51. The number of carbonyl (C=O) groups excluding carboxylic acids is 1. The number of benzene rings is 1. The molecule has 5 nitrogen and oxygen atoms in total. The van der Waals surface area contributed by atoms with E-state index in [4.69, 9.17) is 4.74 Å². The smallest absolute Gasteiger partial charge is 0.265 e. The van der Waals surface area contributed by atoms with Gasteiger partial charge in [-0.25, -0.2) is 4.98 Å². The number of hydrogen-bond donors (Lipinski definition) is 0. The zero-order valence-corrected chi connectivity index (χ0v) is 15.4. The number of carbonyl (C=O) groups is 1. The molecule has 1 aromatic carbocycles. The standard InChI is InChI=1S/C18H21N3O2S/c1-11(2)10-23-15-7-6-13(8-14(15)9-19)17-20-12(3)16(24-17)18(22)21(4)5/h6-8,11H,10H2,1-5H3. The molecule has 0 N–H and O–H groups in total. The third kappa shape index (κ3) is 3.92. The number of rotatable bonds is 5. The summed E-state index contributed by atoms with van der Waals surface area (Å²) in [6.07, 6.45) is 0.